The standard InChI is InChI=1S/C27H28ClN3O5S/c1-16-10-20(8-9-22(16)25(32)29-27(26(33)34)14-31(4)15-27)19-6-5-7-21(13-19)30-37(35,36)24-12-17(2)23(28)11-18(24)3/h5-13,30H,14-15H2,1-4H3,(H,29,32)(H,33,34). The van der Waals surface area contributed by atoms with Gasteiger partial charge in [0.25, 0.3) is 15.9 Å². The summed E-state index contributed by atoms with van der Waals surface area (Å²) in [6.07, 6.45) is 0. The van der Waals surface area contributed by atoms with Crippen LogP contribution in [0.4, 0.5) is 5.69 Å². The van der Waals surface area contributed by atoms with Crippen LogP contribution in [0, 0.1) is 20.8 Å². The lowest BCUT2D eigenvalue weighted by Crippen LogP contribution is -2.73. The summed E-state index contributed by atoms with van der Waals surface area (Å²) in [4.78, 5) is 26.6. The number of halogens is 1. The molecule has 0 unspecified atom stereocenters. The van der Waals surface area contributed by atoms with Crippen molar-refractivity contribution >= 4 is 39.2 Å². The molecule has 1 amide bonds. The Labute approximate surface area is 221 Å². The van der Waals surface area contributed by atoms with E-state index in [0.29, 0.717) is 33.0 Å². The van der Waals surface area contributed by atoms with Crippen molar-refractivity contribution in [1.29, 1.82) is 0 Å². The van der Waals surface area contributed by atoms with Crippen molar-refractivity contribution in [3.8, 4) is 11.1 Å². The predicted octanol–water partition coefficient (Wildman–Crippen LogP) is 4.23. The van der Waals surface area contributed by atoms with E-state index in [1.165, 1.54) is 0 Å². The Kier molecular flexibility index (Phi) is 7.07. The van der Waals surface area contributed by atoms with Crippen LogP contribution in [-0.2, 0) is 14.8 Å². The number of carbonyl (C=O) groups excluding carboxylic acids is 1. The number of amides is 1. The topological polar surface area (TPSA) is 116 Å². The quantitative estimate of drug-likeness (QED) is 0.412. The van der Waals surface area contributed by atoms with Gasteiger partial charge in [-0.2, -0.15) is 0 Å². The number of nitrogens with zero attached hydrogens (tertiary/aromatic N) is 1. The lowest BCUT2D eigenvalue weighted by atomic mass is 9.89. The number of hydrogen-bond donors (Lipinski definition) is 3. The molecule has 1 heterocycles. The minimum atomic E-state index is -3.85. The summed E-state index contributed by atoms with van der Waals surface area (Å²) in [5, 5.41) is 12.8. The number of benzene rings is 3. The van der Waals surface area contributed by atoms with Crippen LogP contribution < -0.4 is 10.0 Å². The highest BCUT2D eigenvalue weighted by Gasteiger charge is 2.49. The fourth-order valence-corrected chi connectivity index (χ4v) is 6.12. The molecule has 194 valence electrons. The minimum absolute atomic E-state index is 0.155. The van der Waals surface area contributed by atoms with Crippen molar-refractivity contribution in [2.45, 2.75) is 31.2 Å². The summed E-state index contributed by atoms with van der Waals surface area (Å²) in [5.74, 6) is -1.51. The Morgan fingerprint density at radius 3 is 2.24 bits per heavy atom. The van der Waals surface area contributed by atoms with Crippen molar-refractivity contribution in [3.63, 3.8) is 0 Å². The maximum Gasteiger partial charge on any atom is 0.332 e. The van der Waals surface area contributed by atoms with Gasteiger partial charge in [-0.3, -0.25) is 9.52 Å². The molecule has 8 nitrogen and oxygen atoms in total. The molecule has 0 bridgehead atoms. The third-order valence-corrected chi connectivity index (χ3v) is 8.44. The van der Waals surface area contributed by atoms with Gasteiger partial charge in [-0.15, -0.1) is 0 Å². The van der Waals surface area contributed by atoms with Crippen molar-refractivity contribution in [2.24, 2.45) is 0 Å². The molecule has 3 aromatic rings. The molecule has 1 fully saturated rings. The summed E-state index contributed by atoms with van der Waals surface area (Å²) in [7, 11) is -2.06. The number of rotatable bonds is 7. The first-order valence-corrected chi connectivity index (χ1v) is 13.4. The SMILES string of the molecule is Cc1cc(S(=O)(=O)Nc2cccc(-c3ccc(C(=O)NC4(C(=O)O)CN(C)C4)c(C)c3)c2)c(C)cc1Cl. The van der Waals surface area contributed by atoms with Gasteiger partial charge in [-0.25, -0.2) is 13.2 Å². The van der Waals surface area contributed by atoms with Crippen molar-refractivity contribution in [1.82, 2.24) is 10.2 Å². The molecule has 3 N–H and O–H groups in total. The normalized spacial score (nSPS) is 15.1. The van der Waals surface area contributed by atoms with Gasteiger partial charge in [-0.05, 0) is 86.0 Å². The summed E-state index contributed by atoms with van der Waals surface area (Å²) in [6, 6.07) is 15.4. The lowest BCUT2D eigenvalue weighted by molar-refractivity contribution is -0.151. The van der Waals surface area contributed by atoms with Gasteiger partial charge in [0.05, 0.1) is 4.90 Å². The first kappa shape index (κ1) is 26.7. The summed E-state index contributed by atoms with van der Waals surface area (Å²) < 4.78 is 28.8. The third kappa shape index (κ3) is 5.34. The van der Waals surface area contributed by atoms with Crippen LogP contribution >= 0.6 is 11.6 Å². The Hall–Kier alpha value is -3.40. The molecular formula is C27H28ClN3O5S. The zero-order valence-corrected chi connectivity index (χ0v) is 22.5. The van der Waals surface area contributed by atoms with Crippen molar-refractivity contribution in [2.75, 3.05) is 24.9 Å². The molecule has 1 aliphatic heterocycles. The molecule has 1 saturated heterocycles. The van der Waals surface area contributed by atoms with Gasteiger partial charge in [0, 0.05) is 29.4 Å². The van der Waals surface area contributed by atoms with Crippen molar-refractivity contribution < 1.29 is 23.1 Å². The van der Waals surface area contributed by atoms with E-state index < -0.39 is 27.4 Å². The second kappa shape index (κ2) is 9.81. The number of aryl methyl sites for hydroxylation is 3. The zero-order chi connectivity index (χ0) is 27.1. The summed E-state index contributed by atoms with van der Waals surface area (Å²) in [6.45, 7) is 5.70. The van der Waals surface area contributed by atoms with Crippen LogP contribution in [-0.4, -0.2) is 56.0 Å². The number of likely N-dealkylation sites (tertiary alicyclic amines) is 1. The van der Waals surface area contributed by atoms with Gasteiger partial charge >= 0.3 is 5.97 Å². The van der Waals surface area contributed by atoms with Gasteiger partial charge < -0.3 is 15.3 Å². The highest BCUT2D eigenvalue weighted by atomic mass is 35.5. The van der Waals surface area contributed by atoms with Gasteiger partial charge in [0.15, 0.2) is 5.54 Å². The van der Waals surface area contributed by atoms with E-state index >= 15 is 0 Å². The van der Waals surface area contributed by atoms with Crippen LogP contribution in [0.1, 0.15) is 27.0 Å². The van der Waals surface area contributed by atoms with Crippen LogP contribution in [0.3, 0.4) is 0 Å². The Morgan fingerprint density at radius 1 is 0.946 bits per heavy atom. The average Bonchev–Trinajstić information content (AvgIpc) is 2.79. The molecule has 3 aromatic carbocycles. The van der Waals surface area contributed by atoms with Crippen molar-refractivity contribution in [3.05, 3.63) is 81.9 Å². The molecule has 0 atom stereocenters. The number of aliphatic carboxylic acids is 1. The Balaban J connectivity index is 1.56. The molecule has 1 aliphatic rings. The van der Waals surface area contributed by atoms with E-state index in [9.17, 15) is 23.1 Å². The van der Waals surface area contributed by atoms with E-state index in [4.69, 9.17) is 11.6 Å². The fraction of sp³-hybridized carbons (Fsp3) is 0.259. The van der Waals surface area contributed by atoms with E-state index in [2.05, 4.69) is 10.0 Å². The first-order valence-electron chi connectivity index (χ1n) is 11.6. The van der Waals surface area contributed by atoms with Crippen LogP contribution in [0.2, 0.25) is 5.02 Å². The molecule has 0 saturated carbocycles. The third-order valence-electron chi connectivity index (χ3n) is 6.51. The molecule has 0 aromatic heterocycles. The molecule has 0 spiro atoms. The van der Waals surface area contributed by atoms with E-state index in [1.807, 2.05) is 17.0 Å². The summed E-state index contributed by atoms with van der Waals surface area (Å²) in [5.41, 5.74) is 2.89. The lowest BCUT2D eigenvalue weighted by Gasteiger charge is -2.45. The average molecular weight is 542 g/mol. The van der Waals surface area contributed by atoms with Crippen LogP contribution in [0.15, 0.2) is 59.5 Å². The predicted molar refractivity (Wildman–Crippen MR) is 144 cm³/mol. The maximum atomic E-state index is 13.1. The van der Waals surface area contributed by atoms with Gasteiger partial charge in [0.2, 0.25) is 0 Å². The molecular weight excluding hydrogens is 514 g/mol. The number of nitrogens with one attached hydrogen (secondary N) is 2. The number of likely N-dealkylation sites (N-methyl/N-ethyl adjacent to an activating group) is 1. The monoisotopic (exact) mass is 541 g/mol. The number of carboxylic acid groups (broad SMARTS) is 1. The highest BCUT2D eigenvalue weighted by molar-refractivity contribution is 7.92. The highest BCUT2D eigenvalue weighted by Crippen LogP contribution is 2.29. The summed E-state index contributed by atoms with van der Waals surface area (Å²) >= 11 is 6.12. The van der Waals surface area contributed by atoms with E-state index in [0.717, 1.165) is 11.1 Å². The molecule has 4 rings (SSSR count). The van der Waals surface area contributed by atoms with E-state index in [1.54, 1.807) is 70.3 Å². The number of anilines is 1. The maximum absolute atomic E-state index is 13.1. The number of hydrogen-bond acceptors (Lipinski definition) is 5. The molecule has 0 aliphatic carbocycles. The number of carboxylic acids is 1. The molecule has 37 heavy (non-hydrogen) atoms. The Bertz CT molecular complexity index is 1510. The van der Waals surface area contributed by atoms with Crippen LogP contribution in [0.5, 0.6) is 0 Å². The smallest absolute Gasteiger partial charge is 0.332 e. The second-order valence-corrected chi connectivity index (χ2v) is 11.7. The Morgan fingerprint density at radius 2 is 1.62 bits per heavy atom. The first-order chi connectivity index (χ1) is 17.3. The number of sulfonamides is 1. The van der Waals surface area contributed by atoms with E-state index in [-0.39, 0.29) is 18.0 Å². The van der Waals surface area contributed by atoms with Gasteiger partial charge in [0.1, 0.15) is 0 Å². The number of carbonyl (C=O) groups is 2. The zero-order valence-electron chi connectivity index (χ0n) is 20.9. The van der Waals surface area contributed by atoms with Crippen LogP contribution in [0.25, 0.3) is 11.1 Å². The largest absolute Gasteiger partial charge is 0.479 e. The second-order valence-electron chi connectivity index (χ2n) is 9.60. The molecule has 0 radical (unpaired) electrons. The molecule has 10 heteroatoms. The minimum Gasteiger partial charge on any atom is -0.479 e. The van der Waals surface area contributed by atoms with Gasteiger partial charge in [-0.1, -0.05) is 35.9 Å². The fourth-order valence-electron chi connectivity index (χ4n) is 4.54.